The molecule has 1 fully saturated rings. The van der Waals surface area contributed by atoms with Gasteiger partial charge in [0.05, 0.1) is 0 Å². The number of pyridine rings is 1. The van der Waals surface area contributed by atoms with Gasteiger partial charge in [-0.15, -0.1) is 0 Å². The third-order valence-corrected chi connectivity index (χ3v) is 3.99. The van der Waals surface area contributed by atoms with Crippen molar-refractivity contribution in [3.63, 3.8) is 0 Å². The van der Waals surface area contributed by atoms with E-state index >= 15 is 0 Å². The zero-order chi connectivity index (χ0) is 14.2. The molecule has 2 heterocycles. The van der Waals surface area contributed by atoms with Gasteiger partial charge >= 0.3 is 0 Å². The zero-order valence-corrected chi connectivity index (χ0v) is 12.9. The molecule has 0 unspecified atom stereocenters. The SMILES string of the molecule is CN(C)CCNC1CCN(CCc2ccccn2)CC1. The highest BCUT2D eigenvalue weighted by Gasteiger charge is 2.18. The summed E-state index contributed by atoms with van der Waals surface area (Å²) in [6.45, 7) is 5.80. The molecule has 0 amide bonds. The number of rotatable bonds is 7. The second-order valence-electron chi connectivity index (χ2n) is 5.94. The first-order valence-corrected chi connectivity index (χ1v) is 7.74. The van der Waals surface area contributed by atoms with Crippen LogP contribution >= 0.6 is 0 Å². The Bertz CT molecular complexity index is 358. The molecular weight excluding hydrogens is 248 g/mol. The smallest absolute Gasteiger partial charge is 0.0416 e. The van der Waals surface area contributed by atoms with Gasteiger partial charge in [0.2, 0.25) is 0 Å². The highest BCUT2D eigenvalue weighted by atomic mass is 15.1. The molecule has 4 heteroatoms. The van der Waals surface area contributed by atoms with Crippen LogP contribution in [0, 0.1) is 0 Å². The maximum Gasteiger partial charge on any atom is 0.0416 e. The highest BCUT2D eigenvalue weighted by Crippen LogP contribution is 2.10. The first-order valence-electron chi connectivity index (χ1n) is 7.74. The Kier molecular flexibility index (Phi) is 6.43. The molecule has 1 aromatic rings. The highest BCUT2D eigenvalue weighted by molar-refractivity contribution is 5.03. The lowest BCUT2D eigenvalue weighted by Crippen LogP contribution is -2.44. The molecule has 1 saturated heterocycles. The van der Waals surface area contributed by atoms with Gasteiger partial charge in [0.1, 0.15) is 0 Å². The van der Waals surface area contributed by atoms with E-state index in [2.05, 4.69) is 46.3 Å². The maximum absolute atomic E-state index is 4.39. The fraction of sp³-hybridized carbons (Fsp3) is 0.688. The average Bonchev–Trinajstić information content (AvgIpc) is 2.47. The minimum absolute atomic E-state index is 0.709. The molecule has 0 spiro atoms. The van der Waals surface area contributed by atoms with Gasteiger partial charge in [-0.25, -0.2) is 0 Å². The predicted molar refractivity (Wildman–Crippen MR) is 84.0 cm³/mol. The Hall–Kier alpha value is -0.970. The molecule has 0 saturated carbocycles. The van der Waals surface area contributed by atoms with Crippen molar-refractivity contribution in [1.82, 2.24) is 20.1 Å². The summed E-state index contributed by atoms with van der Waals surface area (Å²) in [5.74, 6) is 0. The normalized spacial score (nSPS) is 17.8. The number of hydrogen-bond donors (Lipinski definition) is 1. The molecule has 1 N–H and O–H groups in total. The van der Waals surface area contributed by atoms with E-state index in [1.54, 1.807) is 0 Å². The topological polar surface area (TPSA) is 31.4 Å². The van der Waals surface area contributed by atoms with Crippen LogP contribution in [0.25, 0.3) is 0 Å². The molecule has 0 atom stereocenters. The zero-order valence-electron chi connectivity index (χ0n) is 12.9. The summed E-state index contributed by atoms with van der Waals surface area (Å²) in [4.78, 5) is 9.19. The van der Waals surface area contributed by atoms with E-state index < -0.39 is 0 Å². The van der Waals surface area contributed by atoms with Crippen molar-refractivity contribution >= 4 is 0 Å². The van der Waals surface area contributed by atoms with Gasteiger partial charge in [-0.3, -0.25) is 4.98 Å². The molecule has 1 aliphatic heterocycles. The van der Waals surface area contributed by atoms with Crippen molar-refractivity contribution < 1.29 is 0 Å². The van der Waals surface area contributed by atoms with Crippen LogP contribution in [-0.4, -0.2) is 67.6 Å². The summed E-state index contributed by atoms with van der Waals surface area (Å²) in [5.41, 5.74) is 1.21. The molecule has 0 aliphatic carbocycles. The van der Waals surface area contributed by atoms with E-state index in [4.69, 9.17) is 0 Å². The first-order chi connectivity index (χ1) is 9.74. The summed E-state index contributed by atoms with van der Waals surface area (Å²) in [5, 5.41) is 3.67. The molecule has 0 radical (unpaired) electrons. The number of aromatic nitrogens is 1. The van der Waals surface area contributed by atoms with Crippen LogP contribution in [0.1, 0.15) is 18.5 Å². The summed E-state index contributed by atoms with van der Waals surface area (Å²) in [7, 11) is 4.25. The average molecular weight is 276 g/mol. The van der Waals surface area contributed by atoms with Gasteiger partial charge in [0.25, 0.3) is 0 Å². The number of nitrogens with one attached hydrogen (secondary N) is 1. The number of hydrogen-bond acceptors (Lipinski definition) is 4. The third-order valence-electron chi connectivity index (χ3n) is 3.99. The Balaban J connectivity index is 1.59. The third kappa shape index (κ3) is 5.57. The molecule has 4 nitrogen and oxygen atoms in total. The number of likely N-dealkylation sites (N-methyl/N-ethyl adjacent to an activating group) is 1. The van der Waals surface area contributed by atoms with E-state index in [1.165, 1.54) is 31.6 Å². The standard InChI is InChI=1S/C16H28N4/c1-19(2)14-10-18-16-7-12-20(13-8-16)11-6-15-5-3-4-9-17-15/h3-5,9,16,18H,6-8,10-14H2,1-2H3. The van der Waals surface area contributed by atoms with E-state index in [0.29, 0.717) is 6.04 Å². The summed E-state index contributed by atoms with van der Waals surface area (Å²) < 4.78 is 0. The molecule has 112 valence electrons. The summed E-state index contributed by atoms with van der Waals surface area (Å²) in [6, 6.07) is 6.88. The van der Waals surface area contributed by atoms with Crippen molar-refractivity contribution in [2.24, 2.45) is 0 Å². The second-order valence-corrected chi connectivity index (χ2v) is 5.94. The summed E-state index contributed by atoms with van der Waals surface area (Å²) >= 11 is 0. The summed E-state index contributed by atoms with van der Waals surface area (Å²) in [6.07, 6.45) is 5.50. The van der Waals surface area contributed by atoms with Crippen LogP contribution in [0.3, 0.4) is 0 Å². The van der Waals surface area contributed by atoms with Crippen molar-refractivity contribution in [2.45, 2.75) is 25.3 Å². The maximum atomic E-state index is 4.39. The number of nitrogens with zero attached hydrogens (tertiary/aromatic N) is 3. The minimum atomic E-state index is 0.709. The van der Waals surface area contributed by atoms with Gasteiger partial charge < -0.3 is 15.1 Å². The largest absolute Gasteiger partial charge is 0.313 e. The first kappa shape index (κ1) is 15.4. The Morgan fingerprint density at radius 2 is 2.10 bits per heavy atom. The van der Waals surface area contributed by atoms with Crippen molar-refractivity contribution in [3.8, 4) is 0 Å². The molecule has 2 rings (SSSR count). The molecule has 1 aromatic heterocycles. The molecule has 0 aromatic carbocycles. The van der Waals surface area contributed by atoms with Crippen molar-refractivity contribution in [3.05, 3.63) is 30.1 Å². The molecule has 20 heavy (non-hydrogen) atoms. The predicted octanol–water partition coefficient (Wildman–Crippen LogP) is 1.24. The molecular formula is C16H28N4. The fourth-order valence-electron chi connectivity index (χ4n) is 2.67. The van der Waals surface area contributed by atoms with Gasteiger partial charge in [-0.1, -0.05) is 6.07 Å². The van der Waals surface area contributed by atoms with Crippen molar-refractivity contribution in [2.75, 3.05) is 46.8 Å². The van der Waals surface area contributed by atoms with Crippen LogP contribution in [0.15, 0.2) is 24.4 Å². The lowest BCUT2D eigenvalue weighted by Gasteiger charge is -2.32. The Morgan fingerprint density at radius 3 is 2.75 bits per heavy atom. The lowest BCUT2D eigenvalue weighted by molar-refractivity contribution is 0.197. The quantitative estimate of drug-likeness (QED) is 0.812. The van der Waals surface area contributed by atoms with Crippen molar-refractivity contribution in [1.29, 1.82) is 0 Å². The molecule has 0 bridgehead atoms. The van der Waals surface area contributed by atoms with E-state index in [0.717, 1.165) is 26.1 Å². The van der Waals surface area contributed by atoms with Gasteiger partial charge in [-0.05, 0) is 52.2 Å². The lowest BCUT2D eigenvalue weighted by atomic mass is 10.0. The van der Waals surface area contributed by atoms with E-state index in [-0.39, 0.29) is 0 Å². The van der Waals surface area contributed by atoms with Gasteiger partial charge in [0.15, 0.2) is 0 Å². The van der Waals surface area contributed by atoms with Crippen LogP contribution < -0.4 is 5.32 Å². The van der Waals surface area contributed by atoms with Gasteiger partial charge in [-0.2, -0.15) is 0 Å². The minimum Gasteiger partial charge on any atom is -0.313 e. The van der Waals surface area contributed by atoms with Crippen LogP contribution in [-0.2, 0) is 6.42 Å². The van der Waals surface area contributed by atoms with E-state index in [1.807, 2.05) is 12.3 Å². The van der Waals surface area contributed by atoms with Crippen LogP contribution in [0.5, 0.6) is 0 Å². The van der Waals surface area contributed by atoms with Crippen LogP contribution in [0.4, 0.5) is 0 Å². The monoisotopic (exact) mass is 276 g/mol. The number of piperidine rings is 1. The Labute approximate surface area is 123 Å². The fourth-order valence-corrected chi connectivity index (χ4v) is 2.67. The van der Waals surface area contributed by atoms with Crippen LogP contribution in [0.2, 0.25) is 0 Å². The van der Waals surface area contributed by atoms with E-state index in [9.17, 15) is 0 Å². The second kappa shape index (κ2) is 8.35. The Morgan fingerprint density at radius 1 is 1.30 bits per heavy atom. The van der Waals surface area contributed by atoms with Gasteiger partial charge in [0, 0.05) is 44.0 Å². The number of likely N-dealkylation sites (tertiary alicyclic amines) is 1. The molecule has 1 aliphatic rings.